The summed E-state index contributed by atoms with van der Waals surface area (Å²) in [4.78, 5) is 9.69. The molecule has 0 saturated carbocycles. The van der Waals surface area contributed by atoms with Gasteiger partial charge in [0.15, 0.2) is 5.96 Å². The molecule has 1 aromatic carbocycles. The van der Waals surface area contributed by atoms with E-state index in [1.54, 1.807) is 0 Å². The van der Waals surface area contributed by atoms with E-state index >= 15 is 0 Å². The molecule has 0 amide bonds. The Morgan fingerprint density at radius 1 is 1.31 bits per heavy atom. The van der Waals surface area contributed by atoms with Crippen molar-refractivity contribution in [3.8, 4) is 0 Å². The SMILES string of the molecule is CCNC(=NCC(c1cccc(Cl)c1)N1CCOCC1)N(C)CC1CCOC1.I. The maximum absolute atomic E-state index is 6.27. The minimum absolute atomic E-state index is 0. The normalized spacial score (nSPS) is 21.5. The van der Waals surface area contributed by atoms with Gasteiger partial charge in [0.1, 0.15) is 0 Å². The van der Waals surface area contributed by atoms with E-state index in [9.17, 15) is 0 Å². The topological polar surface area (TPSA) is 49.3 Å². The Kier molecular flexibility index (Phi) is 11.0. The monoisotopic (exact) mass is 536 g/mol. The summed E-state index contributed by atoms with van der Waals surface area (Å²) in [6.07, 6.45) is 1.13. The van der Waals surface area contributed by atoms with Crippen molar-refractivity contribution < 1.29 is 9.47 Å². The van der Waals surface area contributed by atoms with Gasteiger partial charge in [-0.2, -0.15) is 0 Å². The second kappa shape index (κ2) is 12.9. The molecule has 29 heavy (non-hydrogen) atoms. The Morgan fingerprint density at radius 3 is 2.76 bits per heavy atom. The smallest absolute Gasteiger partial charge is 0.193 e. The highest BCUT2D eigenvalue weighted by Crippen LogP contribution is 2.25. The Labute approximate surface area is 197 Å². The van der Waals surface area contributed by atoms with Gasteiger partial charge in [-0.3, -0.25) is 9.89 Å². The van der Waals surface area contributed by atoms with Crippen molar-refractivity contribution in [3.05, 3.63) is 34.9 Å². The summed E-state index contributed by atoms with van der Waals surface area (Å²) >= 11 is 6.27. The largest absolute Gasteiger partial charge is 0.381 e. The average Bonchev–Trinajstić information content (AvgIpc) is 3.21. The molecule has 2 unspecified atom stereocenters. The number of aliphatic imine (C=N–C) groups is 1. The van der Waals surface area contributed by atoms with Gasteiger partial charge in [0, 0.05) is 50.8 Å². The fourth-order valence-corrected chi connectivity index (χ4v) is 4.08. The van der Waals surface area contributed by atoms with Crippen LogP contribution in [0.2, 0.25) is 5.02 Å². The van der Waals surface area contributed by atoms with Crippen molar-refractivity contribution >= 4 is 41.5 Å². The summed E-state index contributed by atoms with van der Waals surface area (Å²) in [6, 6.07) is 8.34. The van der Waals surface area contributed by atoms with E-state index < -0.39 is 0 Å². The summed E-state index contributed by atoms with van der Waals surface area (Å²) in [5.41, 5.74) is 1.21. The van der Waals surface area contributed by atoms with E-state index in [-0.39, 0.29) is 30.0 Å². The molecule has 6 nitrogen and oxygen atoms in total. The van der Waals surface area contributed by atoms with Gasteiger partial charge < -0.3 is 19.7 Å². The zero-order valence-corrected chi connectivity index (χ0v) is 20.6. The van der Waals surface area contributed by atoms with Crippen LogP contribution in [-0.2, 0) is 9.47 Å². The van der Waals surface area contributed by atoms with Crippen LogP contribution >= 0.6 is 35.6 Å². The molecule has 0 aromatic heterocycles. The van der Waals surface area contributed by atoms with Gasteiger partial charge in [0.05, 0.1) is 32.4 Å². The molecule has 0 spiro atoms. The van der Waals surface area contributed by atoms with E-state index in [0.29, 0.717) is 12.5 Å². The quantitative estimate of drug-likeness (QED) is 0.329. The van der Waals surface area contributed by atoms with E-state index in [1.807, 2.05) is 12.1 Å². The Balaban J connectivity index is 0.00000300. The van der Waals surface area contributed by atoms with Crippen LogP contribution in [0, 0.1) is 5.92 Å². The fraction of sp³-hybridized carbons (Fsp3) is 0.667. The molecule has 164 valence electrons. The van der Waals surface area contributed by atoms with Crippen molar-refractivity contribution in [2.45, 2.75) is 19.4 Å². The number of nitrogens with one attached hydrogen (secondary N) is 1. The fourth-order valence-electron chi connectivity index (χ4n) is 3.88. The minimum Gasteiger partial charge on any atom is -0.381 e. The van der Waals surface area contributed by atoms with Gasteiger partial charge in [0.25, 0.3) is 0 Å². The minimum atomic E-state index is 0. The van der Waals surface area contributed by atoms with Gasteiger partial charge in [-0.15, -0.1) is 24.0 Å². The molecule has 2 aliphatic rings. The van der Waals surface area contributed by atoms with Crippen LogP contribution in [-0.4, -0.2) is 82.0 Å². The van der Waals surface area contributed by atoms with Crippen molar-refractivity contribution in [1.29, 1.82) is 0 Å². The number of hydrogen-bond donors (Lipinski definition) is 1. The summed E-state index contributed by atoms with van der Waals surface area (Å²) in [7, 11) is 2.11. The molecule has 0 bridgehead atoms. The molecule has 2 aliphatic heterocycles. The lowest BCUT2D eigenvalue weighted by atomic mass is 10.0. The van der Waals surface area contributed by atoms with Crippen molar-refractivity contribution in [1.82, 2.24) is 15.1 Å². The summed E-state index contributed by atoms with van der Waals surface area (Å²) in [6.45, 7) is 9.70. The first kappa shape index (κ1) is 24.7. The number of guanidine groups is 1. The number of halogens is 2. The second-order valence-electron chi connectivity index (χ2n) is 7.52. The van der Waals surface area contributed by atoms with Crippen LogP contribution in [0.15, 0.2) is 29.3 Å². The third-order valence-corrected chi connectivity index (χ3v) is 5.62. The van der Waals surface area contributed by atoms with Crippen LogP contribution in [0.5, 0.6) is 0 Å². The molecule has 8 heteroatoms. The number of hydrogen-bond acceptors (Lipinski definition) is 4. The molecular formula is C21H34ClIN4O2. The predicted molar refractivity (Wildman–Crippen MR) is 130 cm³/mol. The van der Waals surface area contributed by atoms with E-state index in [2.05, 4.69) is 41.2 Å². The van der Waals surface area contributed by atoms with Gasteiger partial charge in [-0.25, -0.2) is 0 Å². The number of rotatable bonds is 7. The molecule has 0 radical (unpaired) electrons. The second-order valence-corrected chi connectivity index (χ2v) is 7.96. The Bertz CT molecular complexity index is 637. The molecule has 2 atom stereocenters. The molecule has 2 heterocycles. The number of benzene rings is 1. The van der Waals surface area contributed by atoms with Crippen LogP contribution in [0.3, 0.4) is 0 Å². The maximum Gasteiger partial charge on any atom is 0.193 e. The summed E-state index contributed by atoms with van der Waals surface area (Å²) in [5, 5.41) is 4.21. The molecule has 2 fully saturated rings. The highest BCUT2D eigenvalue weighted by atomic mass is 127. The third kappa shape index (κ3) is 7.54. The molecule has 0 aliphatic carbocycles. The third-order valence-electron chi connectivity index (χ3n) is 5.39. The lowest BCUT2D eigenvalue weighted by Crippen LogP contribution is -2.43. The number of morpholine rings is 1. The van der Waals surface area contributed by atoms with Crippen LogP contribution in [0.1, 0.15) is 24.9 Å². The summed E-state index contributed by atoms with van der Waals surface area (Å²) < 4.78 is 11.1. The van der Waals surface area contributed by atoms with Crippen LogP contribution in [0.4, 0.5) is 0 Å². The Morgan fingerprint density at radius 2 is 2.10 bits per heavy atom. The first-order chi connectivity index (χ1) is 13.7. The van der Waals surface area contributed by atoms with Gasteiger partial charge in [-0.1, -0.05) is 23.7 Å². The zero-order chi connectivity index (χ0) is 19.8. The predicted octanol–water partition coefficient (Wildman–Crippen LogP) is 3.27. The molecule has 3 rings (SSSR count). The number of ether oxygens (including phenoxy) is 2. The van der Waals surface area contributed by atoms with Crippen LogP contribution in [0.25, 0.3) is 0 Å². The molecule has 1 aromatic rings. The number of nitrogens with zero attached hydrogens (tertiary/aromatic N) is 3. The highest BCUT2D eigenvalue weighted by molar-refractivity contribution is 14.0. The van der Waals surface area contributed by atoms with E-state index in [1.165, 1.54) is 5.56 Å². The lowest BCUT2D eigenvalue weighted by molar-refractivity contribution is 0.0179. The lowest BCUT2D eigenvalue weighted by Gasteiger charge is -2.34. The maximum atomic E-state index is 6.27. The van der Waals surface area contributed by atoms with E-state index in [4.69, 9.17) is 26.1 Å². The highest BCUT2D eigenvalue weighted by Gasteiger charge is 2.24. The first-order valence-corrected chi connectivity index (χ1v) is 10.7. The van der Waals surface area contributed by atoms with Crippen molar-refractivity contribution in [2.75, 3.05) is 66.2 Å². The van der Waals surface area contributed by atoms with Gasteiger partial charge in [-0.05, 0) is 31.0 Å². The summed E-state index contributed by atoms with van der Waals surface area (Å²) in [5.74, 6) is 1.53. The van der Waals surface area contributed by atoms with E-state index in [0.717, 1.165) is 70.0 Å². The Hall–Kier alpha value is -0.610. The van der Waals surface area contributed by atoms with Gasteiger partial charge >= 0.3 is 0 Å². The zero-order valence-electron chi connectivity index (χ0n) is 17.5. The molecular weight excluding hydrogens is 503 g/mol. The molecule has 2 saturated heterocycles. The standard InChI is InChI=1S/C21H33ClN4O2.HI/c1-3-23-21(25(2)15-17-7-10-28-16-17)24-14-20(26-8-11-27-12-9-26)18-5-4-6-19(22)13-18;/h4-6,13,17,20H,3,7-12,14-16H2,1-2H3,(H,23,24);1H. The van der Waals surface area contributed by atoms with Crippen LogP contribution < -0.4 is 5.32 Å². The van der Waals surface area contributed by atoms with Gasteiger partial charge in [0.2, 0.25) is 0 Å². The average molecular weight is 537 g/mol. The first-order valence-electron chi connectivity index (χ1n) is 10.3. The van der Waals surface area contributed by atoms with Crippen molar-refractivity contribution in [2.24, 2.45) is 10.9 Å². The molecule has 1 N–H and O–H groups in total. The van der Waals surface area contributed by atoms with Crippen molar-refractivity contribution in [3.63, 3.8) is 0 Å².